The number of ether oxygens (including phenoxy) is 1. The number of carbonyl (C=O) groups is 1. The number of aryl methyl sites for hydroxylation is 1. The molecule has 0 aliphatic rings. The molecule has 4 rings (SSSR count). The number of carbonyl (C=O) groups excluding carboxylic acids is 1. The Balaban J connectivity index is 1.52. The number of hydrogen-bond donors (Lipinski definition) is 3. The zero-order valence-electron chi connectivity index (χ0n) is 16.2. The van der Waals surface area contributed by atoms with Crippen LogP contribution in [0.2, 0.25) is 0 Å². The second-order valence-electron chi connectivity index (χ2n) is 6.81. The summed E-state index contributed by atoms with van der Waals surface area (Å²) in [6.07, 6.45) is 1.94. The van der Waals surface area contributed by atoms with E-state index >= 15 is 0 Å². The first-order valence-electron chi connectivity index (χ1n) is 9.17. The maximum absolute atomic E-state index is 12.5. The third kappa shape index (κ3) is 3.75. The summed E-state index contributed by atoms with van der Waals surface area (Å²) in [4.78, 5) is 16.7. The first-order valence-corrected chi connectivity index (χ1v) is 9.17. The molecule has 0 saturated carbocycles. The predicted octanol–water partition coefficient (Wildman–Crippen LogP) is 3.71. The summed E-state index contributed by atoms with van der Waals surface area (Å²) in [7, 11) is 1.60. The van der Waals surface area contributed by atoms with Crippen LogP contribution in [-0.4, -0.2) is 28.2 Å². The number of methoxy groups -OCH3 is 1. The van der Waals surface area contributed by atoms with Crippen LogP contribution in [0.3, 0.4) is 0 Å². The normalized spacial score (nSPS) is 10.8. The van der Waals surface area contributed by atoms with Crippen LogP contribution in [0.15, 0.2) is 54.7 Å². The van der Waals surface area contributed by atoms with Gasteiger partial charge in [0.25, 0.3) is 0 Å². The highest BCUT2D eigenvalue weighted by molar-refractivity contribution is 6.00. The van der Waals surface area contributed by atoms with Crippen molar-refractivity contribution in [2.75, 3.05) is 18.2 Å². The predicted molar refractivity (Wildman–Crippen MR) is 114 cm³/mol. The summed E-state index contributed by atoms with van der Waals surface area (Å²) in [5.41, 5.74) is 11.1. The Morgan fingerprint density at radius 3 is 2.72 bits per heavy atom. The van der Waals surface area contributed by atoms with Crippen molar-refractivity contribution in [2.45, 2.75) is 13.3 Å². The fourth-order valence-corrected chi connectivity index (χ4v) is 3.37. The van der Waals surface area contributed by atoms with Crippen LogP contribution >= 0.6 is 0 Å². The SMILES string of the molecule is COc1ccc(C)cc1CC(=O)Nc1ccc(-c2ccnc3n[nH]c(N)c23)cc1. The van der Waals surface area contributed by atoms with E-state index in [1.54, 1.807) is 13.3 Å². The molecule has 0 unspecified atom stereocenters. The lowest BCUT2D eigenvalue weighted by Gasteiger charge is -2.11. The molecule has 0 spiro atoms. The van der Waals surface area contributed by atoms with E-state index in [2.05, 4.69) is 20.5 Å². The number of pyridine rings is 1. The topological polar surface area (TPSA) is 106 Å². The third-order valence-electron chi connectivity index (χ3n) is 4.75. The fraction of sp³-hybridized carbons (Fsp3) is 0.136. The second-order valence-corrected chi connectivity index (χ2v) is 6.81. The first-order chi connectivity index (χ1) is 14.0. The lowest BCUT2D eigenvalue weighted by molar-refractivity contribution is -0.115. The number of H-pyrrole nitrogens is 1. The molecule has 146 valence electrons. The molecule has 1 amide bonds. The smallest absolute Gasteiger partial charge is 0.228 e. The number of nitrogens with zero attached hydrogens (tertiary/aromatic N) is 2. The van der Waals surface area contributed by atoms with Gasteiger partial charge in [-0.2, -0.15) is 5.10 Å². The maximum atomic E-state index is 12.5. The average molecular weight is 387 g/mol. The quantitative estimate of drug-likeness (QED) is 0.484. The van der Waals surface area contributed by atoms with Crippen LogP contribution in [0.1, 0.15) is 11.1 Å². The van der Waals surface area contributed by atoms with Crippen molar-refractivity contribution in [3.63, 3.8) is 0 Å². The largest absolute Gasteiger partial charge is 0.496 e. The van der Waals surface area contributed by atoms with Gasteiger partial charge in [0.05, 0.1) is 18.9 Å². The number of aromatic nitrogens is 3. The van der Waals surface area contributed by atoms with E-state index in [1.807, 2.05) is 55.5 Å². The van der Waals surface area contributed by atoms with Crippen molar-refractivity contribution in [1.29, 1.82) is 0 Å². The zero-order chi connectivity index (χ0) is 20.4. The van der Waals surface area contributed by atoms with E-state index in [-0.39, 0.29) is 12.3 Å². The number of nitrogens with one attached hydrogen (secondary N) is 2. The van der Waals surface area contributed by atoms with E-state index in [9.17, 15) is 4.79 Å². The van der Waals surface area contributed by atoms with Crippen molar-refractivity contribution < 1.29 is 9.53 Å². The highest BCUT2D eigenvalue weighted by atomic mass is 16.5. The number of nitrogens with two attached hydrogens (primary N) is 1. The molecule has 2 aromatic heterocycles. The number of rotatable bonds is 5. The van der Waals surface area contributed by atoms with Crippen molar-refractivity contribution >= 4 is 28.4 Å². The number of aromatic amines is 1. The van der Waals surface area contributed by atoms with Gasteiger partial charge in [0.15, 0.2) is 5.65 Å². The van der Waals surface area contributed by atoms with Crippen LogP contribution < -0.4 is 15.8 Å². The molecule has 2 heterocycles. The number of hydrogen-bond acceptors (Lipinski definition) is 5. The molecule has 29 heavy (non-hydrogen) atoms. The molecule has 0 aliphatic heterocycles. The Labute approximate surface area is 167 Å². The summed E-state index contributed by atoms with van der Waals surface area (Å²) in [6, 6.07) is 15.3. The number of amides is 1. The minimum Gasteiger partial charge on any atom is -0.496 e. The van der Waals surface area contributed by atoms with Gasteiger partial charge in [-0.15, -0.1) is 0 Å². The van der Waals surface area contributed by atoms with Crippen LogP contribution in [-0.2, 0) is 11.2 Å². The van der Waals surface area contributed by atoms with Crippen LogP contribution in [0.5, 0.6) is 5.75 Å². The van der Waals surface area contributed by atoms with Gasteiger partial charge in [0.2, 0.25) is 5.91 Å². The Kier molecular flexibility index (Phi) is 4.87. The summed E-state index contributed by atoms with van der Waals surface area (Å²) in [6.45, 7) is 1.99. The highest BCUT2D eigenvalue weighted by Gasteiger charge is 2.12. The molecule has 0 saturated heterocycles. The van der Waals surface area contributed by atoms with E-state index in [1.165, 1.54) is 0 Å². The van der Waals surface area contributed by atoms with Gasteiger partial charge < -0.3 is 15.8 Å². The van der Waals surface area contributed by atoms with Gasteiger partial charge in [0, 0.05) is 17.4 Å². The molecule has 0 bridgehead atoms. The van der Waals surface area contributed by atoms with Gasteiger partial charge in [-0.1, -0.05) is 29.8 Å². The summed E-state index contributed by atoms with van der Waals surface area (Å²) >= 11 is 0. The van der Waals surface area contributed by atoms with Crippen molar-refractivity contribution in [1.82, 2.24) is 15.2 Å². The standard InChI is InChI=1S/C22H21N5O2/c1-13-3-8-18(29-2)15(11-13)12-19(28)25-16-6-4-14(5-7-16)17-9-10-24-22-20(17)21(23)26-27-22/h3-11H,12H2,1-2H3,(H,25,28)(H3,23,24,26,27). The number of anilines is 2. The van der Waals surface area contributed by atoms with Crippen LogP contribution in [0.4, 0.5) is 11.5 Å². The Bertz CT molecular complexity index is 1180. The summed E-state index contributed by atoms with van der Waals surface area (Å²) in [5, 5.41) is 10.6. The molecular weight excluding hydrogens is 366 g/mol. The molecule has 0 radical (unpaired) electrons. The number of benzene rings is 2. The molecule has 7 heteroatoms. The van der Waals surface area contributed by atoms with Gasteiger partial charge in [-0.05, 0) is 42.3 Å². The van der Waals surface area contributed by atoms with Crippen molar-refractivity contribution in [2.24, 2.45) is 0 Å². The minimum absolute atomic E-state index is 0.105. The monoisotopic (exact) mass is 387 g/mol. The van der Waals surface area contributed by atoms with E-state index in [0.29, 0.717) is 17.2 Å². The molecule has 4 N–H and O–H groups in total. The highest BCUT2D eigenvalue weighted by Crippen LogP contribution is 2.30. The lowest BCUT2D eigenvalue weighted by atomic mass is 10.0. The van der Waals surface area contributed by atoms with Gasteiger partial charge >= 0.3 is 0 Å². The first kappa shape index (κ1) is 18.5. The molecule has 4 aromatic rings. The maximum Gasteiger partial charge on any atom is 0.228 e. The van der Waals surface area contributed by atoms with E-state index in [0.717, 1.165) is 33.3 Å². The van der Waals surface area contributed by atoms with Gasteiger partial charge in [0.1, 0.15) is 11.6 Å². The lowest BCUT2D eigenvalue weighted by Crippen LogP contribution is -2.15. The molecule has 0 fully saturated rings. The molecule has 0 atom stereocenters. The van der Waals surface area contributed by atoms with Crippen molar-refractivity contribution in [3.8, 4) is 16.9 Å². The summed E-state index contributed by atoms with van der Waals surface area (Å²) < 4.78 is 5.35. The third-order valence-corrected chi connectivity index (χ3v) is 4.75. The van der Waals surface area contributed by atoms with Crippen LogP contribution in [0, 0.1) is 6.92 Å². The number of nitrogen functional groups attached to an aromatic ring is 1. The zero-order valence-corrected chi connectivity index (χ0v) is 16.2. The fourth-order valence-electron chi connectivity index (χ4n) is 3.37. The Hall–Kier alpha value is -3.87. The minimum atomic E-state index is -0.105. The van der Waals surface area contributed by atoms with E-state index in [4.69, 9.17) is 10.5 Å². The number of fused-ring (bicyclic) bond motifs is 1. The van der Waals surface area contributed by atoms with Crippen molar-refractivity contribution in [3.05, 3.63) is 65.9 Å². The second kappa shape index (κ2) is 7.63. The van der Waals surface area contributed by atoms with Gasteiger partial charge in [-0.3, -0.25) is 9.89 Å². The molecule has 0 aliphatic carbocycles. The average Bonchev–Trinajstić information content (AvgIpc) is 3.10. The Morgan fingerprint density at radius 2 is 1.97 bits per heavy atom. The van der Waals surface area contributed by atoms with E-state index < -0.39 is 0 Å². The summed E-state index contributed by atoms with van der Waals surface area (Å²) in [5.74, 6) is 1.08. The molecule has 2 aromatic carbocycles. The molecular formula is C22H21N5O2. The van der Waals surface area contributed by atoms with Crippen LogP contribution in [0.25, 0.3) is 22.2 Å². The van der Waals surface area contributed by atoms with Gasteiger partial charge in [-0.25, -0.2) is 4.98 Å². The Morgan fingerprint density at radius 1 is 1.17 bits per heavy atom. The molecule has 7 nitrogen and oxygen atoms in total.